The van der Waals surface area contributed by atoms with Crippen LogP contribution in [0.1, 0.15) is 18.9 Å². The fourth-order valence-electron chi connectivity index (χ4n) is 2.43. The molecule has 21 heavy (non-hydrogen) atoms. The first-order chi connectivity index (χ1) is 9.90. The maximum atomic E-state index is 12.7. The molecule has 1 aromatic rings. The normalized spacial score (nSPS) is 23.5. The zero-order valence-corrected chi connectivity index (χ0v) is 12.9. The highest BCUT2D eigenvalue weighted by Crippen LogP contribution is 2.30. The molecular formula is C14H19N3O3S. The van der Waals surface area contributed by atoms with Crippen molar-refractivity contribution in [3.8, 4) is 11.8 Å². The number of ether oxygens (including phenoxy) is 1. The zero-order chi connectivity index (χ0) is 15.6. The van der Waals surface area contributed by atoms with Crippen LogP contribution in [0.5, 0.6) is 5.75 Å². The van der Waals surface area contributed by atoms with E-state index in [2.05, 4.69) is 0 Å². The summed E-state index contributed by atoms with van der Waals surface area (Å²) in [6.45, 7) is 2.74. The molecular weight excluding hydrogens is 290 g/mol. The van der Waals surface area contributed by atoms with Gasteiger partial charge in [0.25, 0.3) is 0 Å². The van der Waals surface area contributed by atoms with Crippen LogP contribution in [-0.2, 0) is 10.0 Å². The van der Waals surface area contributed by atoms with E-state index in [0.717, 1.165) is 0 Å². The van der Waals surface area contributed by atoms with Gasteiger partial charge in [0, 0.05) is 19.1 Å². The lowest BCUT2D eigenvalue weighted by molar-refractivity contribution is 0.249. The van der Waals surface area contributed by atoms with Crippen LogP contribution in [0.25, 0.3) is 0 Å². The van der Waals surface area contributed by atoms with E-state index >= 15 is 0 Å². The van der Waals surface area contributed by atoms with Crippen LogP contribution in [0.2, 0.25) is 0 Å². The Balaban J connectivity index is 2.38. The first-order valence-corrected chi connectivity index (χ1v) is 8.18. The number of benzene rings is 1. The Bertz CT molecular complexity index is 667. The number of nitriles is 1. The van der Waals surface area contributed by atoms with Gasteiger partial charge in [0.1, 0.15) is 10.6 Å². The largest absolute Gasteiger partial charge is 0.495 e. The Kier molecular flexibility index (Phi) is 4.52. The molecule has 1 saturated heterocycles. The molecule has 7 heteroatoms. The van der Waals surface area contributed by atoms with Crippen LogP contribution in [-0.4, -0.2) is 39.0 Å². The smallest absolute Gasteiger partial charge is 0.246 e. The van der Waals surface area contributed by atoms with Crippen molar-refractivity contribution in [1.82, 2.24) is 4.31 Å². The second kappa shape index (κ2) is 6.02. The summed E-state index contributed by atoms with van der Waals surface area (Å²) in [6, 6.07) is 6.33. The summed E-state index contributed by atoms with van der Waals surface area (Å²) >= 11 is 0. The molecule has 0 saturated carbocycles. The van der Waals surface area contributed by atoms with Crippen molar-refractivity contribution in [3.63, 3.8) is 0 Å². The highest BCUT2D eigenvalue weighted by atomic mass is 32.2. The minimum atomic E-state index is -3.64. The lowest BCUT2D eigenvalue weighted by atomic mass is 9.96. The molecule has 0 amide bonds. The number of nitrogens with two attached hydrogens (primary N) is 1. The Labute approximate surface area is 125 Å². The molecule has 1 aromatic carbocycles. The average molecular weight is 309 g/mol. The molecule has 2 N–H and O–H groups in total. The van der Waals surface area contributed by atoms with E-state index < -0.39 is 10.0 Å². The number of piperidine rings is 1. The third-order valence-electron chi connectivity index (χ3n) is 3.84. The van der Waals surface area contributed by atoms with Gasteiger partial charge in [-0.05, 0) is 30.5 Å². The van der Waals surface area contributed by atoms with Crippen molar-refractivity contribution in [2.75, 3.05) is 20.2 Å². The maximum absolute atomic E-state index is 12.7. The summed E-state index contributed by atoms with van der Waals surface area (Å²) in [6.07, 6.45) is 0.638. The Hall–Kier alpha value is -1.62. The number of methoxy groups -OCH3 is 1. The number of nitrogens with zero attached hydrogens (tertiary/aromatic N) is 2. The Morgan fingerprint density at radius 2 is 2.19 bits per heavy atom. The summed E-state index contributed by atoms with van der Waals surface area (Å²) in [5.41, 5.74) is 6.30. The van der Waals surface area contributed by atoms with Gasteiger partial charge in [0.05, 0.1) is 18.7 Å². The number of hydrogen-bond donors (Lipinski definition) is 1. The topological polar surface area (TPSA) is 96.4 Å². The number of hydrogen-bond acceptors (Lipinski definition) is 5. The van der Waals surface area contributed by atoms with Gasteiger partial charge in [0.15, 0.2) is 0 Å². The molecule has 2 rings (SSSR count). The monoisotopic (exact) mass is 309 g/mol. The van der Waals surface area contributed by atoms with Crippen molar-refractivity contribution in [2.45, 2.75) is 24.3 Å². The second-order valence-electron chi connectivity index (χ2n) is 5.27. The molecule has 0 aliphatic carbocycles. The molecule has 1 fully saturated rings. The summed E-state index contributed by atoms with van der Waals surface area (Å²) in [5, 5.41) is 8.88. The van der Waals surface area contributed by atoms with Crippen LogP contribution in [0.3, 0.4) is 0 Å². The number of sulfonamides is 1. The van der Waals surface area contributed by atoms with Gasteiger partial charge in [0.2, 0.25) is 10.0 Å². The van der Waals surface area contributed by atoms with Crippen LogP contribution in [0.4, 0.5) is 0 Å². The average Bonchev–Trinajstić information content (AvgIpc) is 2.49. The van der Waals surface area contributed by atoms with E-state index in [1.807, 2.05) is 13.0 Å². The van der Waals surface area contributed by atoms with Crippen molar-refractivity contribution in [1.29, 1.82) is 5.26 Å². The van der Waals surface area contributed by atoms with E-state index in [-0.39, 0.29) is 22.6 Å². The van der Waals surface area contributed by atoms with Crippen molar-refractivity contribution in [2.24, 2.45) is 11.7 Å². The van der Waals surface area contributed by atoms with E-state index in [4.69, 9.17) is 15.7 Å². The maximum Gasteiger partial charge on any atom is 0.246 e. The van der Waals surface area contributed by atoms with Crippen molar-refractivity contribution >= 4 is 10.0 Å². The molecule has 1 aliphatic heterocycles. The van der Waals surface area contributed by atoms with E-state index in [9.17, 15) is 8.42 Å². The lowest BCUT2D eigenvalue weighted by Crippen LogP contribution is -2.48. The summed E-state index contributed by atoms with van der Waals surface area (Å²) in [7, 11) is -2.25. The lowest BCUT2D eigenvalue weighted by Gasteiger charge is -2.34. The summed E-state index contributed by atoms with van der Waals surface area (Å²) in [4.78, 5) is 0.0895. The van der Waals surface area contributed by atoms with E-state index in [1.54, 1.807) is 0 Å². The second-order valence-corrected chi connectivity index (χ2v) is 7.18. The van der Waals surface area contributed by atoms with Crippen LogP contribution >= 0.6 is 0 Å². The minimum absolute atomic E-state index is 0.0271. The van der Waals surface area contributed by atoms with Crippen molar-refractivity contribution < 1.29 is 13.2 Å². The van der Waals surface area contributed by atoms with E-state index in [0.29, 0.717) is 25.1 Å². The third kappa shape index (κ3) is 3.02. The molecule has 6 nitrogen and oxygen atoms in total. The van der Waals surface area contributed by atoms with Crippen LogP contribution < -0.4 is 10.5 Å². The Morgan fingerprint density at radius 1 is 1.48 bits per heavy atom. The Morgan fingerprint density at radius 3 is 2.76 bits per heavy atom. The van der Waals surface area contributed by atoms with Gasteiger partial charge in [-0.15, -0.1) is 0 Å². The third-order valence-corrected chi connectivity index (χ3v) is 5.75. The molecule has 1 aliphatic rings. The molecule has 0 spiro atoms. The van der Waals surface area contributed by atoms with E-state index in [1.165, 1.54) is 29.6 Å². The van der Waals surface area contributed by atoms with Gasteiger partial charge in [-0.25, -0.2) is 8.42 Å². The standard InChI is InChI=1S/C14H19N3O3S/c1-10-9-17(6-5-12(10)16)21(18,19)14-4-3-11(8-15)7-13(14)20-2/h3-4,7,10,12H,5-6,9,16H2,1-2H3. The van der Waals surface area contributed by atoms with Gasteiger partial charge < -0.3 is 10.5 Å². The van der Waals surface area contributed by atoms with Crippen LogP contribution in [0.15, 0.2) is 23.1 Å². The molecule has 0 radical (unpaired) electrons. The van der Waals surface area contributed by atoms with Crippen LogP contribution in [0, 0.1) is 17.2 Å². The van der Waals surface area contributed by atoms with Gasteiger partial charge in [-0.1, -0.05) is 6.92 Å². The quantitative estimate of drug-likeness (QED) is 0.895. The summed E-state index contributed by atoms with van der Waals surface area (Å²) < 4.78 is 32.0. The molecule has 2 atom stereocenters. The van der Waals surface area contributed by atoms with Gasteiger partial charge >= 0.3 is 0 Å². The van der Waals surface area contributed by atoms with Gasteiger partial charge in [-0.2, -0.15) is 9.57 Å². The summed E-state index contributed by atoms with van der Waals surface area (Å²) in [5.74, 6) is 0.300. The fraction of sp³-hybridized carbons (Fsp3) is 0.500. The zero-order valence-electron chi connectivity index (χ0n) is 12.1. The first-order valence-electron chi connectivity index (χ1n) is 6.74. The molecule has 0 aromatic heterocycles. The predicted octanol–water partition coefficient (Wildman–Crippen LogP) is 0.925. The van der Waals surface area contributed by atoms with Crippen molar-refractivity contribution in [3.05, 3.63) is 23.8 Å². The fourth-order valence-corrected chi connectivity index (χ4v) is 4.12. The SMILES string of the molecule is COc1cc(C#N)ccc1S(=O)(=O)N1CCC(N)C(C)C1. The first kappa shape index (κ1) is 15.8. The molecule has 2 unspecified atom stereocenters. The molecule has 114 valence electrons. The molecule has 1 heterocycles. The number of rotatable bonds is 3. The predicted molar refractivity (Wildman–Crippen MR) is 78.2 cm³/mol. The van der Waals surface area contributed by atoms with Gasteiger partial charge in [-0.3, -0.25) is 0 Å². The minimum Gasteiger partial charge on any atom is -0.495 e. The highest BCUT2D eigenvalue weighted by Gasteiger charge is 2.33. The molecule has 0 bridgehead atoms. The highest BCUT2D eigenvalue weighted by molar-refractivity contribution is 7.89.